The highest BCUT2D eigenvalue weighted by molar-refractivity contribution is 5.89. The van der Waals surface area contributed by atoms with Crippen molar-refractivity contribution < 1.29 is 39.5 Å². The van der Waals surface area contributed by atoms with Crippen LogP contribution in [-0.2, 0) is 28.9 Å². The lowest BCUT2D eigenvalue weighted by molar-refractivity contribution is -0.167. The van der Waals surface area contributed by atoms with Crippen LogP contribution in [0.15, 0.2) is 60.8 Å². The van der Waals surface area contributed by atoms with E-state index in [1.54, 1.807) is 4.68 Å². The SMILES string of the molecule is CCc1cc(O[C@H]2CCc3cccc(-c4cccc(-n5ncc(C(=O)O)c5CC)n4)c32)ccc1C1CCN(C(=O)C2(O)CCC2)CC1.O=C(O)C1(O)CCC1. The van der Waals surface area contributed by atoms with Crippen LogP contribution in [0.5, 0.6) is 5.75 Å². The summed E-state index contributed by atoms with van der Waals surface area (Å²) in [6.07, 6.45) is 10.0. The Balaban J connectivity index is 0.000000518. The lowest BCUT2D eigenvalue weighted by Crippen LogP contribution is -2.54. The number of piperidine rings is 1. The molecule has 1 amide bonds. The number of nitrogens with zero attached hydrogens (tertiary/aromatic N) is 4. The molecular formula is C43H50N4O8. The van der Waals surface area contributed by atoms with Crippen molar-refractivity contribution in [3.63, 3.8) is 0 Å². The average Bonchev–Trinajstić information content (AvgIpc) is 3.80. The number of hydrogen-bond donors (Lipinski definition) is 4. The van der Waals surface area contributed by atoms with Gasteiger partial charge >= 0.3 is 11.9 Å². The zero-order chi connectivity index (χ0) is 38.9. The minimum absolute atomic E-state index is 0.0841. The lowest BCUT2D eigenvalue weighted by Gasteiger charge is -2.42. The number of aliphatic hydroxyl groups is 2. The number of hydrogen-bond acceptors (Lipinski definition) is 8. The van der Waals surface area contributed by atoms with Gasteiger partial charge in [0, 0.05) is 24.2 Å². The molecule has 8 rings (SSSR count). The van der Waals surface area contributed by atoms with Gasteiger partial charge in [0.15, 0.2) is 11.4 Å². The predicted octanol–water partition coefficient (Wildman–Crippen LogP) is 6.43. The third kappa shape index (κ3) is 7.49. The number of carbonyl (C=O) groups excluding carboxylic acids is 1. The quantitative estimate of drug-likeness (QED) is 0.141. The van der Waals surface area contributed by atoms with E-state index in [4.69, 9.17) is 19.9 Å². The Morgan fingerprint density at radius 3 is 2.18 bits per heavy atom. The van der Waals surface area contributed by atoms with Crippen LogP contribution in [-0.4, -0.2) is 82.2 Å². The molecule has 290 valence electrons. The topological polar surface area (TPSA) is 175 Å². The molecule has 2 saturated carbocycles. The number of fused-ring (bicyclic) bond motifs is 1. The van der Waals surface area contributed by atoms with Crippen LogP contribution in [0, 0.1) is 0 Å². The summed E-state index contributed by atoms with van der Waals surface area (Å²) in [5.74, 6) is -0.345. The highest BCUT2D eigenvalue weighted by Gasteiger charge is 2.45. The summed E-state index contributed by atoms with van der Waals surface area (Å²) in [6.45, 7) is 5.47. The number of rotatable bonds is 10. The zero-order valence-electron chi connectivity index (χ0n) is 31.5. The molecule has 12 nitrogen and oxygen atoms in total. The first-order valence-electron chi connectivity index (χ1n) is 19.6. The van der Waals surface area contributed by atoms with Gasteiger partial charge in [-0.3, -0.25) is 4.79 Å². The summed E-state index contributed by atoms with van der Waals surface area (Å²) < 4.78 is 8.37. The first-order valence-corrected chi connectivity index (χ1v) is 19.6. The number of amides is 1. The van der Waals surface area contributed by atoms with Gasteiger partial charge in [0.1, 0.15) is 23.0 Å². The van der Waals surface area contributed by atoms with Crippen LogP contribution in [0.3, 0.4) is 0 Å². The normalized spacial score (nSPS) is 19.6. The van der Waals surface area contributed by atoms with Gasteiger partial charge in [0.05, 0.1) is 17.6 Å². The Kier molecular flexibility index (Phi) is 10.8. The fourth-order valence-electron chi connectivity index (χ4n) is 8.43. The molecule has 0 unspecified atom stereocenters. The second-order valence-corrected chi connectivity index (χ2v) is 15.3. The molecule has 3 fully saturated rings. The van der Waals surface area contributed by atoms with E-state index in [1.807, 2.05) is 30.0 Å². The monoisotopic (exact) mass is 750 g/mol. The molecule has 0 radical (unpaired) electrons. The molecule has 4 aliphatic rings. The van der Waals surface area contributed by atoms with E-state index in [0.717, 1.165) is 67.5 Å². The van der Waals surface area contributed by atoms with Crippen molar-refractivity contribution in [2.45, 2.75) is 114 Å². The van der Waals surface area contributed by atoms with Gasteiger partial charge < -0.3 is 30.1 Å². The van der Waals surface area contributed by atoms with E-state index in [1.165, 1.54) is 22.9 Å². The molecule has 12 heteroatoms. The number of pyridine rings is 1. The van der Waals surface area contributed by atoms with Gasteiger partial charge in [-0.05, 0) is 124 Å². The number of aryl methyl sites for hydroxylation is 2. The minimum Gasteiger partial charge on any atom is -0.486 e. The summed E-state index contributed by atoms with van der Waals surface area (Å²) in [4.78, 5) is 41.5. The molecule has 3 heterocycles. The number of carboxylic acid groups (broad SMARTS) is 2. The summed E-state index contributed by atoms with van der Waals surface area (Å²) in [6, 6.07) is 18.6. The van der Waals surface area contributed by atoms with E-state index < -0.39 is 23.1 Å². The molecule has 3 aliphatic carbocycles. The van der Waals surface area contributed by atoms with Crippen molar-refractivity contribution in [1.29, 1.82) is 0 Å². The molecule has 0 bridgehead atoms. The second-order valence-electron chi connectivity index (χ2n) is 15.3. The largest absolute Gasteiger partial charge is 0.486 e. The van der Waals surface area contributed by atoms with E-state index in [2.05, 4.69) is 48.4 Å². The Morgan fingerprint density at radius 1 is 0.873 bits per heavy atom. The average molecular weight is 751 g/mol. The van der Waals surface area contributed by atoms with Crippen molar-refractivity contribution in [2.75, 3.05) is 13.1 Å². The minimum atomic E-state index is -1.36. The van der Waals surface area contributed by atoms with Crippen molar-refractivity contribution >= 4 is 17.8 Å². The molecule has 4 aromatic rings. The van der Waals surface area contributed by atoms with Crippen LogP contribution in [0.2, 0.25) is 0 Å². The number of ether oxygens (including phenoxy) is 1. The lowest BCUT2D eigenvalue weighted by atomic mass is 9.78. The van der Waals surface area contributed by atoms with Gasteiger partial charge in [-0.15, -0.1) is 0 Å². The van der Waals surface area contributed by atoms with E-state index in [0.29, 0.717) is 62.6 Å². The molecule has 1 atom stereocenters. The third-order valence-electron chi connectivity index (χ3n) is 12.0. The van der Waals surface area contributed by atoms with Crippen molar-refractivity contribution in [3.05, 3.63) is 94.3 Å². The smallest absolute Gasteiger partial charge is 0.339 e. The van der Waals surface area contributed by atoms with Gasteiger partial charge in [-0.2, -0.15) is 5.10 Å². The van der Waals surface area contributed by atoms with Crippen LogP contribution in [0.25, 0.3) is 17.1 Å². The van der Waals surface area contributed by atoms with Crippen LogP contribution in [0.1, 0.15) is 122 Å². The van der Waals surface area contributed by atoms with Gasteiger partial charge in [-0.1, -0.05) is 44.2 Å². The maximum atomic E-state index is 12.8. The number of aromatic nitrogens is 3. The van der Waals surface area contributed by atoms with Crippen molar-refractivity contribution in [3.8, 4) is 22.8 Å². The summed E-state index contributed by atoms with van der Waals surface area (Å²) >= 11 is 0. The Hall–Kier alpha value is -5.07. The number of carbonyl (C=O) groups is 3. The number of benzene rings is 2. The number of carboxylic acids is 2. The summed E-state index contributed by atoms with van der Waals surface area (Å²) in [5, 5.41) is 41.7. The number of likely N-dealkylation sites (tertiary alicyclic amines) is 1. The highest BCUT2D eigenvalue weighted by atomic mass is 16.5. The molecule has 4 N–H and O–H groups in total. The van der Waals surface area contributed by atoms with Gasteiger partial charge in [0.25, 0.3) is 5.91 Å². The van der Waals surface area contributed by atoms with E-state index in [-0.39, 0.29) is 17.6 Å². The first kappa shape index (κ1) is 38.2. The molecule has 2 aromatic carbocycles. The highest BCUT2D eigenvalue weighted by Crippen LogP contribution is 2.42. The van der Waals surface area contributed by atoms with E-state index >= 15 is 0 Å². The predicted molar refractivity (Wildman–Crippen MR) is 204 cm³/mol. The fourth-order valence-corrected chi connectivity index (χ4v) is 8.43. The molecule has 1 saturated heterocycles. The Morgan fingerprint density at radius 2 is 1.58 bits per heavy atom. The molecule has 0 spiro atoms. The standard InChI is InChI=1S/C38H42N4O5.C5H8O3/c1-3-24-22-27(13-14-28(24)25-16-20-41(21-17-25)37(45)38(46)18-7-19-38)47-33-15-12-26-8-5-9-29(35(26)33)31-10-6-11-34(40-31)42-32(4-2)30(23-39-42)36(43)44;6-4(7)5(8)2-1-3-5/h5-6,8-11,13-14,22-23,25,33,46H,3-4,7,12,15-21H2,1-2H3,(H,43,44);8H,1-3H2,(H,6,7)/t33-;/m0./s1. The number of aliphatic carboxylic acids is 1. The van der Waals surface area contributed by atoms with E-state index in [9.17, 15) is 24.6 Å². The Labute approximate surface area is 320 Å². The van der Waals surface area contributed by atoms with Crippen LogP contribution < -0.4 is 4.74 Å². The van der Waals surface area contributed by atoms with Crippen LogP contribution in [0.4, 0.5) is 0 Å². The maximum absolute atomic E-state index is 12.8. The van der Waals surface area contributed by atoms with Crippen LogP contribution >= 0.6 is 0 Å². The summed E-state index contributed by atoms with van der Waals surface area (Å²) in [5.41, 5.74) is 5.13. The molecule has 2 aromatic heterocycles. The Bertz CT molecular complexity index is 2080. The van der Waals surface area contributed by atoms with Crippen molar-refractivity contribution in [1.82, 2.24) is 19.7 Å². The summed E-state index contributed by atoms with van der Waals surface area (Å²) in [7, 11) is 0. The number of aromatic carboxylic acids is 1. The van der Waals surface area contributed by atoms with Gasteiger partial charge in [-0.25, -0.2) is 19.3 Å². The fraction of sp³-hybridized carbons (Fsp3) is 0.465. The first-order chi connectivity index (χ1) is 26.4. The third-order valence-corrected chi connectivity index (χ3v) is 12.0. The second kappa shape index (κ2) is 15.6. The molecular weight excluding hydrogens is 700 g/mol. The maximum Gasteiger partial charge on any atom is 0.339 e. The van der Waals surface area contributed by atoms with Gasteiger partial charge in [0.2, 0.25) is 0 Å². The zero-order valence-corrected chi connectivity index (χ0v) is 31.5. The molecule has 55 heavy (non-hydrogen) atoms. The molecule has 1 aliphatic heterocycles. The van der Waals surface area contributed by atoms with Crippen molar-refractivity contribution in [2.24, 2.45) is 0 Å².